The highest BCUT2D eigenvalue weighted by Gasteiger charge is 2.30. The molecule has 150 valence electrons. The van der Waals surface area contributed by atoms with Gasteiger partial charge in [0.25, 0.3) is 0 Å². The van der Waals surface area contributed by atoms with Gasteiger partial charge < -0.3 is 19.9 Å². The molecule has 2 heterocycles. The Morgan fingerprint density at radius 3 is 2.61 bits per heavy atom. The van der Waals surface area contributed by atoms with Crippen LogP contribution in [0.3, 0.4) is 0 Å². The second-order valence-electron chi connectivity index (χ2n) is 6.95. The van der Waals surface area contributed by atoms with E-state index in [-0.39, 0.29) is 18.2 Å². The third-order valence-corrected chi connectivity index (χ3v) is 4.79. The lowest BCUT2D eigenvalue weighted by Crippen LogP contribution is -3.12. The zero-order valence-electron chi connectivity index (χ0n) is 16.2. The van der Waals surface area contributed by atoms with Crippen molar-refractivity contribution in [3.8, 4) is 0 Å². The van der Waals surface area contributed by atoms with E-state index in [2.05, 4.69) is 22.7 Å². The molecule has 1 fully saturated rings. The molecule has 2 aliphatic heterocycles. The molecule has 0 spiro atoms. The number of rotatable bonds is 4. The van der Waals surface area contributed by atoms with Gasteiger partial charge >= 0.3 is 5.97 Å². The van der Waals surface area contributed by atoms with E-state index in [4.69, 9.17) is 4.74 Å². The number of likely N-dealkylation sites (N-methyl/N-ethyl adjacent to an activating group) is 1. The van der Waals surface area contributed by atoms with Gasteiger partial charge in [-0.05, 0) is 31.2 Å². The minimum atomic E-state index is -0.777. The monoisotopic (exact) mass is 388 g/mol. The highest BCUT2D eigenvalue weighted by Crippen LogP contribution is 2.14. The standard InChI is InChI=1S/C19H25N5O4/c1-3-28-18(27)13-4-6-14(7-5-13)20-17(26)15-12-16(25)22-19(21-15)24-10-8-23(2)9-11-24/h4-7,15H,3,8-12H2,1-2H3,(H,20,26)(H,21,22,25)/p+1/t15-/m0/s1. The second kappa shape index (κ2) is 8.83. The average molecular weight is 388 g/mol. The second-order valence-corrected chi connectivity index (χ2v) is 6.95. The first-order chi connectivity index (χ1) is 13.5. The van der Waals surface area contributed by atoms with Crippen LogP contribution in [-0.2, 0) is 14.3 Å². The van der Waals surface area contributed by atoms with Gasteiger partial charge in [-0.1, -0.05) is 0 Å². The molecule has 3 rings (SSSR count). The van der Waals surface area contributed by atoms with Crippen molar-refractivity contribution >= 4 is 29.4 Å². The van der Waals surface area contributed by atoms with Gasteiger partial charge in [0, 0.05) is 5.69 Å². The SMILES string of the molecule is CCOC(=O)c1ccc(NC(=O)[C@@H]2CC(=O)NC(N3CC[NH+](C)CC3)=N2)cc1. The zero-order valence-corrected chi connectivity index (χ0v) is 16.2. The van der Waals surface area contributed by atoms with Gasteiger partial charge in [-0.2, -0.15) is 0 Å². The first-order valence-electron chi connectivity index (χ1n) is 9.48. The van der Waals surface area contributed by atoms with Gasteiger partial charge in [0.1, 0.15) is 6.04 Å². The third-order valence-electron chi connectivity index (χ3n) is 4.79. The van der Waals surface area contributed by atoms with Crippen LogP contribution in [0.4, 0.5) is 5.69 Å². The summed E-state index contributed by atoms with van der Waals surface area (Å²) < 4.78 is 4.94. The van der Waals surface area contributed by atoms with E-state index in [1.165, 1.54) is 4.90 Å². The van der Waals surface area contributed by atoms with Crippen LogP contribution in [0.1, 0.15) is 23.7 Å². The van der Waals surface area contributed by atoms with E-state index < -0.39 is 12.0 Å². The first-order valence-corrected chi connectivity index (χ1v) is 9.48. The molecule has 0 aromatic heterocycles. The largest absolute Gasteiger partial charge is 0.462 e. The number of ether oxygens (including phenoxy) is 1. The summed E-state index contributed by atoms with van der Waals surface area (Å²) in [5, 5.41) is 5.54. The molecule has 9 nitrogen and oxygen atoms in total. The molecule has 1 saturated heterocycles. The van der Waals surface area contributed by atoms with Crippen molar-refractivity contribution in [2.75, 3.05) is 45.2 Å². The molecular weight excluding hydrogens is 362 g/mol. The Balaban J connectivity index is 1.65. The number of aliphatic imine (C=N–C) groups is 1. The number of benzene rings is 1. The summed E-state index contributed by atoms with van der Waals surface area (Å²) in [6.07, 6.45) is 0.00916. The number of piperazine rings is 1. The van der Waals surface area contributed by atoms with Crippen LogP contribution in [0.25, 0.3) is 0 Å². The van der Waals surface area contributed by atoms with Crippen LogP contribution < -0.4 is 15.5 Å². The number of esters is 1. The molecule has 2 amide bonds. The highest BCUT2D eigenvalue weighted by molar-refractivity contribution is 6.06. The Bertz CT molecular complexity index is 769. The Labute approximate surface area is 163 Å². The highest BCUT2D eigenvalue weighted by atomic mass is 16.5. The number of nitrogens with one attached hydrogen (secondary N) is 3. The first kappa shape index (κ1) is 19.8. The molecule has 1 aromatic rings. The Hall–Kier alpha value is -2.94. The molecule has 28 heavy (non-hydrogen) atoms. The molecule has 9 heteroatoms. The van der Waals surface area contributed by atoms with Crippen LogP contribution in [0, 0.1) is 0 Å². The number of quaternary nitrogens is 1. The molecule has 1 atom stereocenters. The number of amides is 2. The fraction of sp³-hybridized carbons (Fsp3) is 0.474. The van der Waals surface area contributed by atoms with Crippen molar-refractivity contribution in [1.29, 1.82) is 0 Å². The number of nitrogens with zero attached hydrogens (tertiary/aromatic N) is 2. The lowest BCUT2D eigenvalue weighted by Gasteiger charge is -2.34. The van der Waals surface area contributed by atoms with Crippen molar-refractivity contribution in [1.82, 2.24) is 10.2 Å². The van der Waals surface area contributed by atoms with Gasteiger partial charge in [0.2, 0.25) is 17.8 Å². The predicted molar refractivity (Wildman–Crippen MR) is 103 cm³/mol. The minimum absolute atomic E-state index is 0.00916. The number of hydrogen-bond donors (Lipinski definition) is 3. The van der Waals surface area contributed by atoms with Crippen molar-refractivity contribution in [3.05, 3.63) is 29.8 Å². The van der Waals surface area contributed by atoms with Crippen molar-refractivity contribution in [2.24, 2.45) is 4.99 Å². The lowest BCUT2D eigenvalue weighted by atomic mass is 10.1. The normalized spacial score (nSPS) is 20.2. The van der Waals surface area contributed by atoms with E-state index in [1.807, 2.05) is 4.90 Å². The van der Waals surface area contributed by atoms with E-state index >= 15 is 0 Å². The molecule has 1 aromatic carbocycles. The maximum absolute atomic E-state index is 12.6. The number of carbonyl (C=O) groups is 3. The molecule has 0 saturated carbocycles. The zero-order chi connectivity index (χ0) is 20.1. The fourth-order valence-electron chi connectivity index (χ4n) is 3.12. The molecular formula is C19H26N5O4+. The number of hydrogen-bond acceptors (Lipinski definition) is 6. The van der Waals surface area contributed by atoms with Crippen molar-refractivity contribution in [2.45, 2.75) is 19.4 Å². The predicted octanol–water partition coefficient (Wildman–Crippen LogP) is -1.12. The molecule has 0 bridgehead atoms. The summed E-state index contributed by atoms with van der Waals surface area (Å²) in [5.74, 6) is -0.501. The molecule has 0 unspecified atom stereocenters. The summed E-state index contributed by atoms with van der Waals surface area (Å²) in [5.41, 5.74) is 0.943. The maximum Gasteiger partial charge on any atom is 0.338 e. The van der Waals surface area contributed by atoms with E-state index in [9.17, 15) is 14.4 Å². The van der Waals surface area contributed by atoms with Crippen LogP contribution >= 0.6 is 0 Å². The Morgan fingerprint density at radius 1 is 1.29 bits per heavy atom. The number of anilines is 1. The Morgan fingerprint density at radius 2 is 1.96 bits per heavy atom. The molecule has 3 N–H and O–H groups in total. The lowest BCUT2D eigenvalue weighted by molar-refractivity contribution is -0.883. The fourth-order valence-corrected chi connectivity index (χ4v) is 3.12. The average Bonchev–Trinajstić information content (AvgIpc) is 2.69. The molecule has 0 radical (unpaired) electrons. The summed E-state index contributed by atoms with van der Waals surface area (Å²) in [4.78, 5) is 44.3. The summed E-state index contributed by atoms with van der Waals surface area (Å²) >= 11 is 0. The maximum atomic E-state index is 12.6. The smallest absolute Gasteiger partial charge is 0.338 e. The third kappa shape index (κ3) is 4.86. The van der Waals surface area contributed by atoms with Gasteiger partial charge in [-0.15, -0.1) is 0 Å². The van der Waals surface area contributed by atoms with Crippen LogP contribution in [0.2, 0.25) is 0 Å². The number of guanidine groups is 1. The van der Waals surface area contributed by atoms with Gasteiger partial charge in [-0.3, -0.25) is 14.9 Å². The summed E-state index contributed by atoms with van der Waals surface area (Å²) in [7, 11) is 2.13. The van der Waals surface area contributed by atoms with E-state index in [1.54, 1.807) is 31.2 Å². The van der Waals surface area contributed by atoms with E-state index in [0.717, 1.165) is 26.2 Å². The summed E-state index contributed by atoms with van der Waals surface area (Å²) in [6.45, 7) is 5.53. The van der Waals surface area contributed by atoms with Gasteiger partial charge in [-0.25, -0.2) is 9.79 Å². The molecule has 2 aliphatic rings. The summed E-state index contributed by atoms with van der Waals surface area (Å²) in [6, 6.07) is 5.65. The van der Waals surface area contributed by atoms with E-state index in [0.29, 0.717) is 23.8 Å². The van der Waals surface area contributed by atoms with Crippen LogP contribution in [0.15, 0.2) is 29.3 Å². The quantitative estimate of drug-likeness (QED) is 0.567. The Kier molecular flexibility index (Phi) is 6.25. The topological polar surface area (TPSA) is 105 Å². The van der Waals surface area contributed by atoms with Crippen molar-refractivity contribution in [3.63, 3.8) is 0 Å². The van der Waals surface area contributed by atoms with Crippen molar-refractivity contribution < 1.29 is 24.0 Å². The van der Waals surface area contributed by atoms with Crippen LogP contribution in [-0.4, -0.2) is 74.5 Å². The van der Waals surface area contributed by atoms with Gasteiger partial charge in [0.15, 0.2) is 0 Å². The minimum Gasteiger partial charge on any atom is -0.462 e. The number of carbonyl (C=O) groups excluding carboxylic acids is 3. The molecule has 0 aliphatic carbocycles. The van der Waals surface area contributed by atoms with Crippen LogP contribution in [0.5, 0.6) is 0 Å². The van der Waals surface area contributed by atoms with Gasteiger partial charge in [0.05, 0.1) is 51.8 Å².